The van der Waals surface area contributed by atoms with Crippen LogP contribution in [0.4, 0.5) is 0 Å². The van der Waals surface area contributed by atoms with Gasteiger partial charge >= 0.3 is 5.97 Å². The predicted octanol–water partition coefficient (Wildman–Crippen LogP) is 3.74. The van der Waals surface area contributed by atoms with Gasteiger partial charge in [0.1, 0.15) is 0 Å². The van der Waals surface area contributed by atoms with Crippen molar-refractivity contribution in [1.82, 2.24) is 4.98 Å². The van der Waals surface area contributed by atoms with Crippen LogP contribution in [0.1, 0.15) is 57.1 Å². The number of nitrogens with two attached hydrogens (primary N) is 2. The molecule has 1 aromatic carbocycles. The van der Waals surface area contributed by atoms with E-state index in [1.807, 2.05) is 31.2 Å². The van der Waals surface area contributed by atoms with Crippen LogP contribution >= 0.6 is 0 Å². The Kier molecular flexibility index (Phi) is 6.73. The third kappa shape index (κ3) is 5.15. The number of nitrogens with zero attached hydrogens (tertiary/aromatic N) is 1. The van der Waals surface area contributed by atoms with Crippen molar-refractivity contribution in [2.75, 3.05) is 0 Å². The van der Waals surface area contributed by atoms with Gasteiger partial charge in [-0.3, -0.25) is 9.78 Å². The monoisotopic (exact) mass is 369 g/mol. The van der Waals surface area contributed by atoms with E-state index in [2.05, 4.69) is 20.8 Å². The molecule has 0 aliphatic rings. The second-order valence-corrected chi connectivity index (χ2v) is 7.98. The standard InChI is InChI=1S/C22H31N3O2/c1-6-18-21(27-14(2)26)20(16-9-7-15(12-23)8-10-16)17(13-24)19(25-18)11-22(3,4)5/h7-10H,6,11-13,23-24H2,1-5H3. The molecule has 5 nitrogen and oxygen atoms in total. The molecular weight excluding hydrogens is 338 g/mol. The van der Waals surface area contributed by atoms with E-state index >= 15 is 0 Å². The van der Waals surface area contributed by atoms with Crippen LogP contribution in [0.2, 0.25) is 0 Å². The minimum Gasteiger partial charge on any atom is -0.424 e. The zero-order valence-corrected chi connectivity index (χ0v) is 17.1. The maximum atomic E-state index is 11.8. The molecule has 2 rings (SSSR count). The molecule has 1 aromatic heterocycles. The molecule has 0 unspecified atom stereocenters. The number of carbonyl (C=O) groups excluding carboxylic acids is 1. The average Bonchev–Trinajstić information content (AvgIpc) is 2.60. The molecule has 0 saturated carbocycles. The molecule has 27 heavy (non-hydrogen) atoms. The zero-order chi connectivity index (χ0) is 20.2. The van der Waals surface area contributed by atoms with Crippen LogP contribution in [0.25, 0.3) is 11.1 Å². The second-order valence-electron chi connectivity index (χ2n) is 7.98. The molecule has 0 aliphatic carbocycles. The van der Waals surface area contributed by atoms with Gasteiger partial charge < -0.3 is 16.2 Å². The van der Waals surface area contributed by atoms with E-state index in [1.165, 1.54) is 6.92 Å². The molecule has 0 fully saturated rings. The van der Waals surface area contributed by atoms with Gasteiger partial charge in [0.2, 0.25) is 0 Å². The lowest BCUT2D eigenvalue weighted by Gasteiger charge is -2.24. The van der Waals surface area contributed by atoms with Gasteiger partial charge in [-0.05, 0) is 34.9 Å². The van der Waals surface area contributed by atoms with Gasteiger partial charge in [-0.15, -0.1) is 0 Å². The largest absolute Gasteiger partial charge is 0.424 e. The smallest absolute Gasteiger partial charge is 0.308 e. The predicted molar refractivity (Wildman–Crippen MR) is 109 cm³/mol. The Morgan fingerprint density at radius 1 is 1.07 bits per heavy atom. The molecule has 0 saturated heterocycles. The molecule has 146 valence electrons. The van der Waals surface area contributed by atoms with Crippen LogP contribution in [0.15, 0.2) is 24.3 Å². The van der Waals surface area contributed by atoms with Gasteiger partial charge in [-0.25, -0.2) is 0 Å². The van der Waals surface area contributed by atoms with Gasteiger partial charge in [-0.2, -0.15) is 0 Å². The highest BCUT2D eigenvalue weighted by atomic mass is 16.5. The summed E-state index contributed by atoms with van der Waals surface area (Å²) in [6.07, 6.45) is 1.46. The fraction of sp³-hybridized carbons (Fsp3) is 0.455. The summed E-state index contributed by atoms with van der Waals surface area (Å²) in [5.41, 5.74) is 17.5. The number of pyridine rings is 1. The highest BCUT2D eigenvalue weighted by Gasteiger charge is 2.24. The van der Waals surface area contributed by atoms with Crippen LogP contribution < -0.4 is 16.2 Å². The molecule has 5 heteroatoms. The van der Waals surface area contributed by atoms with Crippen molar-refractivity contribution in [2.24, 2.45) is 16.9 Å². The van der Waals surface area contributed by atoms with Gasteiger partial charge in [0.15, 0.2) is 5.75 Å². The number of benzene rings is 1. The number of aromatic nitrogens is 1. The Labute approximate surface area is 162 Å². The number of rotatable bonds is 6. The molecule has 0 amide bonds. The minimum absolute atomic E-state index is 0.0611. The lowest BCUT2D eigenvalue weighted by molar-refractivity contribution is -0.131. The van der Waals surface area contributed by atoms with Crippen molar-refractivity contribution in [3.05, 3.63) is 46.8 Å². The van der Waals surface area contributed by atoms with E-state index in [9.17, 15) is 4.79 Å². The second kappa shape index (κ2) is 8.63. The number of esters is 1. The lowest BCUT2D eigenvalue weighted by Crippen LogP contribution is -2.18. The normalized spacial score (nSPS) is 11.5. The number of aryl methyl sites for hydroxylation is 1. The highest BCUT2D eigenvalue weighted by molar-refractivity contribution is 5.80. The number of hydrogen-bond acceptors (Lipinski definition) is 5. The van der Waals surface area contributed by atoms with Crippen molar-refractivity contribution in [1.29, 1.82) is 0 Å². The van der Waals surface area contributed by atoms with E-state index < -0.39 is 0 Å². The minimum atomic E-state index is -0.363. The molecule has 0 aliphatic heterocycles. The molecule has 0 bridgehead atoms. The number of carbonyl (C=O) groups is 1. The summed E-state index contributed by atoms with van der Waals surface area (Å²) in [7, 11) is 0. The lowest BCUT2D eigenvalue weighted by atomic mass is 9.86. The molecule has 0 atom stereocenters. The first-order chi connectivity index (χ1) is 12.7. The Morgan fingerprint density at radius 2 is 1.70 bits per heavy atom. The SMILES string of the molecule is CCc1nc(CC(C)(C)C)c(CN)c(-c2ccc(CN)cc2)c1OC(C)=O. The Balaban J connectivity index is 2.80. The summed E-state index contributed by atoms with van der Waals surface area (Å²) in [6.45, 7) is 10.8. The van der Waals surface area contributed by atoms with E-state index in [4.69, 9.17) is 21.2 Å². The summed E-state index contributed by atoms with van der Waals surface area (Å²) < 4.78 is 5.62. The first kappa shape index (κ1) is 21.1. The van der Waals surface area contributed by atoms with Crippen LogP contribution in [0, 0.1) is 5.41 Å². The van der Waals surface area contributed by atoms with E-state index in [0.717, 1.165) is 40.1 Å². The summed E-state index contributed by atoms with van der Waals surface area (Å²) in [5, 5.41) is 0. The van der Waals surface area contributed by atoms with Crippen molar-refractivity contribution >= 4 is 5.97 Å². The third-order valence-corrected chi connectivity index (χ3v) is 4.37. The van der Waals surface area contributed by atoms with Gasteiger partial charge in [0.05, 0.1) is 5.69 Å². The van der Waals surface area contributed by atoms with Crippen molar-refractivity contribution in [3.8, 4) is 16.9 Å². The van der Waals surface area contributed by atoms with Crippen molar-refractivity contribution in [2.45, 2.75) is 60.5 Å². The van der Waals surface area contributed by atoms with E-state index in [1.54, 1.807) is 0 Å². The van der Waals surface area contributed by atoms with E-state index in [0.29, 0.717) is 25.3 Å². The van der Waals surface area contributed by atoms with Crippen molar-refractivity contribution in [3.63, 3.8) is 0 Å². The molecule has 4 N–H and O–H groups in total. The molecule has 2 aromatic rings. The van der Waals surface area contributed by atoms with Crippen LogP contribution in [0.5, 0.6) is 5.75 Å². The molecule has 0 radical (unpaired) electrons. The number of ether oxygens (including phenoxy) is 1. The van der Waals surface area contributed by atoms with Gasteiger partial charge in [-0.1, -0.05) is 52.0 Å². The summed E-state index contributed by atoms with van der Waals surface area (Å²) >= 11 is 0. The molecule has 1 heterocycles. The Bertz CT molecular complexity index is 806. The highest BCUT2D eigenvalue weighted by Crippen LogP contribution is 2.39. The molecular formula is C22H31N3O2. The molecule has 0 spiro atoms. The van der Waals surface area contributed by atoms with Crippen LogP contribution in [-0.4, -0.2) is 11.0 Å². The van der Waals surface area contributed by atoms with Crippen molar-refractivity contribution < 1.29 is 9.53 Å². The first-order valence-corrected chi connectivity index (χ1v) is 9.42. The topological polar surface area (TPSA) is 91.2 Å². The quantitative estimate of drug-likeness (QED) is 0.757. The third-order valence-electron chi connectivity index (χ3n) is 4.37. The fourth-order valence-electron chi connectivity index (χ4n) is 3.18. The van der Waals surface area contributed by atoms with Gasteiger partial charge in [0, 0.05) is 31.3 Å². The van der Waals surface area contributed by atoms with Crippen LogP contribution in [-0.2, 0) is 30.7 Å². The first-order valence-electron chi connectivity index (χ1n) is 9.42. The summed E-state index contributed by atoms with van der Waals surface area (Å²) in [5.74, 6) is 0.154. The Hall–Kier alpha value is -2.24. The van der Waals surface area contributed by atoms with Gasteiger partial charge in [0.25, 0.3) is 0 Å². The zero-order valence-electron chi connectivity index (χ0n) is 17.1. The summed E-state index contributed by atoms with van der Waals surface area (Å²) in [6, 6.07) is 7.99. The Morgan fingerprint density at radius 3 is 2.15 bits per heavy atom. The fourth-order valence-corrected chi connectivity index (χ4v) is 3.18. The van der Waals surface area contributed by atoms with Crippen LogP contribution in [0.3, 0.4) is 0 Å². The average molecular weight is 370 g/mol. The number of hydrogen-bond donors (Lipinski definition) is 2. The van der Waals surface area contributed by atoms with E-state index in [-0.39, 0.29) is 11.4 Å². The maximum Gasteiger partial charge on any atom is 0.308 e. The summed E-state index contributed by atoms with van der Waals surface area (Å²) in [4.78, 5) is 16.6. The maximum absolute atomic E-state index is 11.8.